The minimum atomic E-state index is -1.16. The molecule has 2 rings (SSSR count). The van der Waals surface area contributed by atoms with E-state index in [2.05, 4.69) is 0 Å². The topological polar surface area (TPSA) is 52.4 Å². The highest BCUT2D eigenvalue weighted by Gasteiger charge is 2.20. The first-order valence-corrected chi connectivity index (χ1v) is 6.42. The standard InChI is InChI=1S/C14H10ClF2NO3/c1-8-2-3-9(7-15)4-13(8)21-14-6-10(16)12(18(19)20)5-11(14)17/h2-6H,7H2,1H3. The number of nitrogens with zero attached hydrogens (tertiary/aromatic N) is 1. The van der Waals surface area contributed by atoms with Crippen molar-refractivity contribution in [1.29, 1.82) is 0 Å². The number of nitro groups is 1. The zero-order valence-electron chi connectivity index (χ0n) is 10.9. The van der Waals surface area contributed by atoms with Crippen LogP contribution in [0.25, 0.3) is 0 Å². The molecule has 7 heteroatoms. The first-order valence-electron chi connectivity index (χ1n) is 5.89. The molecule has 0 fully saturated rings. The maximum atomic E-state index is 13.8. The van der Waals surface area contributed by atoms with Crippen molar-refractivity contribution in [3.8, 4) is 11.5 Å². The van der Waals surface area contributed by atoms with Gasteiger partial charge in [-0.15, -0.1) is 11.6 Å². The molecule has 0 amide bonds. The lowest BCUT2D eigenvalue weighted by Crippen LogP contribution is -1.97. The van der Waals surface area contributed by atoms with Crippen LogP contribution in [0.2, 0.25) is 0 Å². The molecule has 0 saturated carbocycles. The minimum Gasteiger partial charge on any atom is -0.454 e. The van der Waals surface area contributed by atoms with Gasteiger partial charge >= 0.3 is 5.69 Å². The number of alkyl halides is 1. The Bertz CT molecular complexity index is 707. The summed E-state index contributed by atoms with van der Waals surface area (Å²) < 4.78 is 32.6. The van der Waals surface area contributed by atoms with Gasteiger partial charge in [-0.2, -0.15) is 4.39 Å². The van der Waals surface area contributed by atoms with Crippen molar-refractivity contribution in [3.05, 3.63) is 63.2 Å². The Labute approximate surface area is 124 Å². The van der Waals surface area contributed by atoms with E-state index in [0.717, 1.165) is 5.56 Å². The van der Waals surface area contributed by atoms with E-state index < -0.39 is 28.0 Å². The predicted octanol–water partition coefficient (Wildman–Crippen LogP) is 4.71. The highest BCUT2D eigenvalue weighted by molar-refractivity contribution is 6.17. The van der Waals surface area contributed by atoms with Crippen molar-refractivity contribution >= 4 is 17.3 Å². The Morgan fingerprint density at radius 2 is 1.90 bits per heavy atom. The molecule has 2 aromatic rings. The lowest BCUT2D eigenvalue weighted by molar-refractivity contribution is -0.387. The van der Waals surface area contributed by atoms with Gasteiger partial charge in [-0.1, -0.05) is 12.1 Å². The van der Waals surface area contributed by atoms with Gasteiger partial charge in [0.05, 0.1) is 11.0 Å². The average Bonchev–Trinajstić information content (AvgIpc) is 2.44. The second-order valence-electron chi connectivity index (χ2n) is 4.33. The van der Waals surface area contributed by atoms with Crippen LogP contribution in [0.3, 0.4) is 0 Å². The van der Waals surface area contributed by atoms with Crippen LogP contribution in [0.1, 0.15) is 11.1 Å². The van der Waals surface area contributed by atoms with Gasteiger partial charge in [-0.3, -0.25) is 10.1 Å². The molecule has 4 nitrogen and oxygen atoms in total. The summed E-state index contributed by atoms with van der Waals surface area (Å²) in [4.78, 5) is 9.53. The molecule has 0 aliphatic heterocycles. The molecule has 0 spiro atoms. The molecular formula is C14H10ClF2NO3. The number of aryl methyl sites for hydroxylation is 1. The van der Waals surface area contributed by atoms with Gasteiger partial charge < -0.3 is 4.74 Å². The zero-order valence-corrected chi connectivity index (χ0v) is 11.7. The second-order valence-corrected chi connectivity index (χ2v) is 4.59. The highest BCUT2D eigenvalue weighted by atomic mass is 35.5. The second kappa shape index (κ2) is 6.05. The molecule has 21 heavy (non-hydrogen) atoms. The molecule has 0 aromatic heterocycles. The van der Waals surface area contributed by atoms with E-state index in [1.54, 1.807) is 25.1 Å². The number of halogens is 3. The van der Waals surface area contributed by atoms with Crippen molar-refractivity contribution in [2.24, 2.45) is 0 Å². The van der Waals surface area contributed by atoms with Crippen LogP contribution in [0.15, 0.2) is 30.3 Å². The molecule has 0 aliphatic carbocycles. The van der Waals surface area contributed by atoms with Crippen molar-refractivity contribution in [1.82, 2.24) is 0 Å². The zero-order chi connectivity index (χ0) is 15.6. The fourth-order valence-electron chi connectivity index (χ4n) is 1.69. The Kier molecular flexibility index (Phi) is 4.37. The summed E-state index contributed by atoms with van der Waals surface area (Å²) in [5, 5.41) is 10.5. The van der Waals surface area contributed by atoms with E-state index in [4.69, 9.17) is 16.3 Å². The Morgan fingerprint density at radius 3 is 2.52 bits per heavy atom. The van der Waals surface area contributed by atoms with E-state index in [-0.39, 0.29) is 5.88 Å². The lowest BCUT2D eigenvalue weighted by Gasteiger charge is -2.11. The third-order valence-corrected chi connectivity index (χ3v) is 3.13. The monoisotopic (exact) mass is 313 g/mol. The number of nitro benzene ring substituents is 1. The van der Waals surface area contributed by atoms with Gasteiger partial charge in [-0.05, 0) is 24.1 Å². The molecule has 0 heterocycles. The molecule has 0 radical (unpaired) electrons. The SMILES string of the molecule is Cc1ccc(CCl)cc1Oc1cc(F)c([N+](=O)[O-])cc1F. The first-order chi connectivity index (χ1) is 9.92. The van der Waals surface area contributed by atoms with Gasteiger partial charge in [0.2, 0.25) is 5.82 Å². The maximum absolute atomic E-state index is 13.8. The van der Waals surface area contributed by atoms with Crippen LogP contribution in [0.5, 0.6) is 11.5 Å². The van der Waals surface area contributed by atoms with Crippen LogP contribution in [-0.2, 0) is 5.88 Å². The van der Waals surface area contributed by atoms with Crippen molar-refractivity contribution in [2.75, 3.05) is 0 Å². The summed E-state index contributed by atoms with van der Waals surface area (Å²) in [6.45, 7) is 1.73. The molecule has 0 aliphatic rings. The van der Waals surface area contributed by atoms with Crippen LogP contribution < -0.4 is 4.74 Å². The first kappa shape index (κ1) is 15.2. The molecular weight excluding hydrogens is 304 g/mol. The van der Waals surface area contributed by atoms with Gasteiger partial charge in [0.15, 0.2) is 11.6 Å². The van der Waals surface area contributed by atoms with E-state index >= 15 is 0 Å². The molecule has 110 valence electrons. The summed E-state index contributed by atoms with van der Waals surface area (Å²) in [6, 6.07) is 6.25. The average molecular weight is 314 g/mol. The van der Waals surface area contributed by atoms with E-state index in [1.165, 1.54) is 0 Å². The van der Waals surface area contributed by atoms with E-state index in [9.17, 15) is 18.9 Å². The van der Waals surface area contributed by atoms with E-state index in [0.29, 0.717) is 23.4 Å². The highest BCUT2D eigenvalue weighted by Crippen LogP contribution is 2.32. The van der Waals surface area contributed by atoms with Crippen molar-refractivity contribution < 1.29 is 18.4 Å². The van der Waals surface area contributed by atoms with Crippen LogP contribution in [0.4, 0.5) is 14.5 Å². The van der Waals surface area contributed by atoms with Gasteiger partial charge in [0, 0.05) is 11.9 Å². The molecule has 0 bridgehead atoms. The predicted molar refractivity (Wildman–Crippen MR) is 73.8 cm³/mol. The number of hydrogen-bond donors (Lipinski definition) is 0. The van der Waals surface area contributed by atoms with Gasteiger partial charge in [-0.25, -0.2) is 4.39 Å². The molecule has 0 atom stereocenters. The summed E-state index contributed by atoms with van der Waals surface area (Å²) in [6.07, 6.45) is 0. The number of benzene rings is 2. The maximum Gasteiger partial charge on any atom is 0.307 e. The normalized spacial score (nSPS) is 10.5. The molecule has 0 N–H and O–H groups in total. The number of hydrogen-bond acceptors (Lipinski definition) is 3. The summed E-state index contributed by atoms with van der Waals surface area (Å²) in [5.41, 5.74) is 0.508. The molecule has 2 aromatic carbocycles. The smallest absolute Gasteiger partial charge is 0.307 e. The van der Waals surface area contributed by atoms with Gasteiger partial charge in [0.25, 0.3) is 0 Å². The van der Waals surface area contributed by atoms with Crippen LogP contribution in [-0.4, -0.2) is 4.92 Å². The Balaban J connectivity index is 2.40. The molecule has 0 saturated heterocycles. The minimum absolute atomic E-state index is 0.244. The summed E-state index contributed by atoms with van der Waals surface area (Å²) in [7, 11) is 0. The van der Waals surface area contributed by atoms with Crippen LogP contribution in [0, 0.1) is 28.7 Å². The largest absolute Gasteiger partial charge is 0.454 e. The molecule has 0 unspecified atom stereocenters. The van der Waals surface area contributed by atoms with E-state index in [1.807, 2.05) is 0 Å². The Morgan fingerprint density at radius 1 is 1.19 bits per heavy atom. The number of ether oxygens (including phenoxy) is 1. The summed E-state index contributed by atoms with van der Waals surface area (Å²) >= 11 is 5.70. The third-order valence-electron chi connectivity index (χ3n) is 2.82. The Hall–Kier alpha value is -2.21. The third kappa shape index (κ3) is 3.28. The van der Waals surface area contributed by atoms with Crippen molar-refractivity contribution in [3.63, 3.8) is 0 Å². The lowest BCUT2D eigenvalue weighted by atomic mass is 10.1. The van der Waals surface area contributed by atoms with Gasteiger partial charge in [0.1, 0.15) is 5.75 Å². The van der Waals surface area contributed by atoms with Crippen molar-refractivity contribution in [2.45, 2.75) is 12.8 Å². The fourth-order valence-corrected chi connectivity index (χ4v) is 1.86. The summed E-state index contributed by atoms with van der Waals surface area (Å²) in [5.74, 6) is -2.05. The number of rotatable bonds is 4. The fraction of sp³-hybridized carbons (Fsp3) is 0.143. The van der Waals surface area contributed by atoms with Crippen LogP contribution >= 0.6 is 11.6 Å². The quantitative estimate of drug-likeness (QED) is 0.466.